The maximum absolute atomic E-state index is 12.1. The Hall–Kier alpha value is -1.04. The first-order valence-corrected chi connectivity index (χ1v) is 10.7. The summed E-state index contributed by atoms with van der Waals surface area (Å²) >= 11 is 1.93. The first-order chi connectivity index (χ1) is 12.2. The van der Waals surface area contributed by atoms with Crippen LogP contribution in [0.4, 0.5) is 0 Å². The van der Waals surface area contributed by atoms with E-state index in [9.17, 15) is 4.79 Å². The third-order valence-corrected chi connectivity index (χ3v) is 6.36. The lowest BCUT2D eigenvalue weighted by Gasteiger charge is -2.30. The van der Waals surface area contributed by atoms with Crippen molar-refractivity contribution in [3.05, 3.63) is 35.4 Å². The highest BCUT2D eigenvalue weighted by molar-refractivity contribution is 7.99. The normalized spacial score (nSPS) is 22.7. The van der Waals surface area contributed by atoms with Gasteiger partial charge >= 0.3 is 0 Å². The molecule has 0 spiro atoms. The van der Waals surface area contributed by atoms with Crippen molar-refractivity contribution in [1.82, 2.24) is 15.5 Å². The zero-order valence-corrected chi connectivity index (χ0v) is 16.1. The smallest absolute Gasteiger partial charge is 0.221 e. The number of carbonyl (C=O) groups excluding carboxylic acids is 1. The van der Waals surface area contributed by atoms with E-state index in [4.69, 9.17) is 0 Å². The topological polar surface area (TPSA) is 44.4 Å². The molecule has 1 amide bonds. The van der Waals surface area contributed by atoms with Gasteiger partial charge in [0.1, 0.15) is 0 Å². The van der Waals surface area contributed by atoms with Gasteiger partial charge in [0.15, 0.2) is 0 Å². The lowest BCUT2D eigenvalue weighted by Crippen LogP contribution is -2.41. The number of hydrogen-bond acceptors (Lipinski definition) is 4. The van der Waals surface area contributed by atoms with Crippen molar-refractivity contribution in [2.75, 3.05) is 31.1 Å². The Morgan fingerprint density at radius 2 is 1.96 bits per heavy atom. The summed E-state index contributed by atoms with van der Waals surface area (Å²) in [6.45, 7) is 7.47. The van der Waals surface area contributed by atoms with Crippen LogP contribution in [-0.4, -0.2) is 48.0 Å². The van der Waals surface area contributed by atoms with Crippen LogP contribution in [0, 0.1) is 5.92 Å². The average Bonchev–Trinajstić information content (AvgIpc) is 2.64. The largest absolute Gasteiger partial charge is 0.352 e. The standard InChI is InChI=1S/C20H31N3OS/c1-16-6-9-23(10-7-16)14-18-4-2-17(3-5-18)13-22-20(24)12-19-15-25-11-8-21-19/h2-5,16,19,21H,6-15H2,1H3,(H,22,24). The minimum absolute atomic E-state index is 0.145. The van der Waals surface area contributed by atoms with E-state index in [1.807, 2.05) is 11.8 Å². The van der Waals surface area contributed by atoms with Crippen molar-refractivity contribution < 1.29 is 4.79 Å². The van der Waals surface area contributed by atoms with Crippen LogP contribution in [0.25, 0.3) is 0 Å². The second kappa shape index (κ2) is 9.60. The molecule has 2 N–H and O–H groups in total. The van der Waals surface area contributed by atoms with Gasteiger partial charge < -0.3 is 10.6 Å². The molecule has 2 fully saturated rings. The van der Waals surface area contributed by atoms with Gasteiger partial charge in [0.05, 0.1) is 0 Å². The minimum atomic E-state index is 0.145. The van der Waals surface area contributed by atoms with E-state index in [0.717, 1.165) is 30.5 Å². The fourth-order valence-corrected chi connectivity index (χ4v) is 4.44. The molecule has 0 saturated carbocycles. The van der Waals surface area contributed by atoms with Gasteiger partial charge in [-0.15, -0.1) is 0 Å². The molecule has 25 heavy (non-hydrogen) atoms. The van der Waals surface area contributed by atoms with Crippen molar-refractivity contribution in [3.63, 3.8) is 0 Å². The number of carbonyl (C=O) groups is 1. The van der Waals surface area contributed by atoms with Crippen molar-refractivity contribution in [3.8, 4) is 0 Å². The summed E-state index contributed by atoms with van der Waals surface area (Å²) in [6.07, 6.45) is 3.22. The summed E-state index contributed by atoms with van der Waals surface area (Å²) in [7, 11) is 0. The van der Waals surface area contributed by atoms with E-state index < -0.39 is 0 Å². The number of benzene rings is 1. The third-order valence-electron chi connectivity index (χ3n) is 5.23. The van der Waals surface area contributed by atoms with Crippen molar-refractivity contribution >= 4 is 17.7 Å². The fourth-order valence-electron chi connectivity index (χ4n) is 3.49. The van der Waals surface area contributed by atoms with Crippen LogP contribution in [0.15, 0.2) is 24.3 Å². The van der Waals surface area contributed by atoms with Crippen LogP contribution in [0.5, 0.6) is 0 Å². The van der Waals surface area contributed by atoms with Crippen molar-refractivity contribution in [1.29, 1.82) is 0 Å². The Labute approximate surface area is 156 Å². The van der Waals surface area contributed by atoms with Gasteiger partial charge in [-0.2, -0.15) is 11.8 Å². The lowest BCUT2D eigenvalue weighted by atomic mass is 9.99. The summed E-state index contributed by atoms with van der Waals surface area (Å²) < 4.78 is 0. The first kappa shape index (κ1) is 18.7. The highest BCUT2D eigenvalue weighted by Crippen LogP contribution is 2.18. The molecule has 3 rings (SSSR count). The fraction of sp³-hybridized carbons (Fsp3) is 0.650. The average molecular weight is 362 g/mol. The molecule has 2 saturated heterocycles. The molecule has 1 aromatic rings. The second-order valence-electron chi connectivity index (χ2n) is 7.48. The Balaban J connectivity index is 1.39. The molecular formula is C20H31N3OS. The molecule has 0 aromatic heterocycles. The molecule has 138 valence electrons. The quantitative estimate of drug-likeness (QED) is 0.818. The second-order valence-corrected chi connectivity index (χ2v) is 8.63. The molecule has 1 aromatic carbocycles. The Morgan fingerprint density at radius 1 is 1.24 bits per heavy atom. The van der Waals surface area contributed by atoms with Gasteiger partial charge in [-0.1, -0.05) is 31.2 Å². The number of hydrogen-bond donors (Lipinski definition) is 2. The maximum atomic E-state index is 12.1. The van der Waals surface area contributed by atoms with Crippen LogP contribution in [-0.2, 0) is 17.9 Å². The van der Waals surface area contributed by atoms with Crippen molar-refractivity contribution in [2.24, 2.45) is 5.92 Å². The molecule has 1 atom stereocenters. The monoisotopic (exact) mass is 361 g/mol. The molecule has 2 heterocycles. The number of nitrogens with zero attached hydrogens (tertiary/aromatic N) is 1. The summed E-state index contributed by atoms with van der Waals surface area (Å²) in [5.41, 5.74) is 2.54. The van der Waals surface area contributed by atoms with Crippen LogP contribution >= 0.6 is 11.8 Å². The highest BCUT2D eigenvalue weighted by atomic mass is 32.2. The predicted octanol–water partition coefficient (Wildman–Crippen LogP) is 2.63. The predicted molar refractivity (Wildman–Crippen MR) is 106 cm³/mol. The zero-order chi connectivity index (χ0) is 17.5. The summed E-state index contributed by atoms with van der Waals surface area (Å²) in [4.78, 5) is 14.6. The maximum Gasteiger partial charge on any atom is 0.221 e. The van der Waals surface area contributed by atoms with Crippen LogP contribution in [0.2, 0.25) is 0 Å². The molecule has 1 unspecified atom stereocenters. The zero-order valence-electron chi connectivity index (χ0n) is 15.3. The Kier molecular flexibility index (Phi) is 7.20. The highest BCUT2D eigenvalue weighted by Gasteiger charge is 2.17. The molecular weight excluding hydrogens is 330 g/mol. The van der Waals surface area contributed by atoms with E-state index in [-0.39, 0.29) is 5.91 Å². The number of rotatable bonds is 6. The molecule has 5 heteroatoms. The van der Waals surface area contributed by atoms with E-state index in [2.05, 4.69) is 46.7 Å². The van der Waals surface area contributed by atoms with E-state index >= 15 is 0 Å². The number of amides is 1. The van der Waals surface area contributed by atoms with E-state index in [0.29, 0.717) is 19.0 Å². The molecule has 0 radical (unpaired) electrons. The number of nitrogens with one attached hydrogen (secondary N) is 2. The van der Waals surface area contributed by atoms with Gasteiger partial charge in [0.25, 0.3) is 0 Å². The Bertz CT molecular complexity index is 534. The van der Waals surface area contributed by atoms with Gasteiger partial charge in [-0.3, -0.25) is 9.69 Å². The lowest BCUT2D eigenvalue weighted by molar-refractivity contribution is -0.121. The number of likely N-dealkylation sites (tertiary alicyclic amines) is 1. The number of thioether (sulfide) groups is 1. The van der Waals surface area contributed by atoms with Gasteiger partial charge in [0, 0.05) is 43.6 Å². The van der Waals surface area contributed by atoms with E-state index in [1.54, 1.807) is 0 Å². The van der Waals surface area contributed by atoms with E-state index in [1.165, 1.54) is 37.1 Å². The van der Waals surface area contributed by atoms with Gasteiger partial charge in [0.2, 0.25) is 5.91 Å². The summed E-state index contributed by atoms with van der Waals surface area (Å²) in [6, 6.07) is 9.04. The van der Waals surface area contributed by atoms with Crippen LogP contribution in [0.3, 0.4) is 0 Å². The first-order valence-electron chi connectivity index (χ1n) is 9.57. The van der Waals surface area contributed by atoms with Crippen molar-refractivity contribution in [2.45, 2.75) is 45.3 Å². The molecule has 2 aliphatic heterocycles. The SMILES string of the molecule is CC1CCN(Cc2ccc(CNC(=O)CC3CSCCN3)cc2)CC1. The molecule has 4 nitrogen and oxygen atoms in total. The molecule has 2 aliphatic rings. The summed E-state index contributed by atoms with van der Waals surface area (Å²) in [5, 5.41) is 6.46. The number of piperidine rings is 1. The van der Waals surface area contributed by atoms with Gasteiger partial charge in [-0.25, -0.2) is 0 Å². The van der Waals surface area contributed by atoms with Gasteiger partial charge in [-0.05, 0) is 43.0 Å². The summed E-state index contributed by atoms with van der Waals surface area (Å²) in [5.74, 6) is 3.22. The molecule has 0 bridgehead atoms. The minimum Gasteiger partial charge on any atom is -0.352 e. The third kappa shape index (κ3) is 6.32. The van der Waals surface area contributed by atoms with Crippen LogP contribution in [0.1, 0.15) is 37.3 Å². The Morgan fingerprint density at radius 3 is 2.64 bits per heavy atom. The molecule has 0 aliphatic carbocycles. The van der Waals surface area contributed by atoms with Crippen LogP contribution < -0.4 is 10.6 Å².